The Balaban J connectivity index is 1.40. The normalized spacial score (nSPS) is 16.1. The highest BCUT2D eigenvalue weighted by molar-refractivity contribution is 5.99. The van der Waals surface area contributed by atoms with Gasteiger partial charge in [-0.15, -0.1) is 0 Å². The first kappa shape index (κ1) is 18.2. The van der Waals surface area contributed by atoms with E-state index >= 15 is 0 Å². The number of ether oxygens (including phenoxy) is 2. The third-order valence-electron chi connectivity index (χ3n) is 4.82. The Labute approximate surface area is 164 Å². The molecule has 4 rings (SSSR count). The summed E-state index contributed by atoms with van der Waals surface area (Å²) in [5.41, 5.74) is 8.89. The molecule has 0 aromatic heterocycles. The molecule has 28 heavy (non-hydrogen) atoms. The van der Waals surface area contributed by atoms with E-state index in [1.165, 1.54) is 5.56 Å². The number of rotatable bonds is 3. The number of aliphatic imine (C=N–C) groups is 1. The van der Waals surface area contributed by atoms with E-state index in [1.54, 1.807) is 4.90 Å². The van der Waals surface area contributed by atoms with E-state index in [4.69, 9.17) is 15.2 Å². The first-order valence-corrected chi connectivity index (χ1v) is 9.55. The number of nitrogens with one attached hydrogen (secondary N) is 1. The van der Waals surface area contributed by atoms with Crippen LogP contribution in [0.2, 0.25) is 0 Å². The highest BCUT2D eigenvalue weighted by Crippen LogP contribution is 2.32. The van der Waals surface area contributed by atoms with Crippen molar-refractivity contribution in [1.82, 2.24) is 0 Å². The number of para-hydroxylation sites is 1. The van der Waals surface area contributed by atoms with Crippen LogP contribution in [-0.4, -0.2) is 38.2 Å². The third kappa shape index (κ3) is 4.03. The van der Waals surface area contributed by atoms with Crippen LogP contribution in [0.25, 0.3) is 0 Å². The molecule has 0 saturated heterocycles. The summed E-state index contributed by atoms with van der Waals surface area (Å²) in [4.78, 5) is 18.7. The molecule has 0 radical (unpaired) electrons. The molecule has 3 N–H and O–H groups in total. The predicted octanol–water partition coefficient (Wildman–Crippen LogP) is 2.55. The zero-order valence-electron chi connectivity index (χ0n) is 15.7. The van der Waals surface area contributed by atoms with Gasteiger partial charge < -0.3 is 25.4 Å². The number of amides is 1. The van der Waals surface area contributed by atoms with Gasteiger partial charge in [0.1, 0.15) is 6.54 Å². The number of carbonyl (C=O) groups excluding carboxylic acids is 1. The lowest BCUT2D eigenvalue weighted by Crippen LogP contribution is -2.37. The maximum atomic E-state index is 12.6. The number of anilines is 2. The Morgan fingerprint density at radius 3 is 2.82 bits per heavy atom. The van der Waals surface area contributed by atoms with Gasteiger partial charge in [-0.3, -0.25) is 4.79 Å². The smallest absolute Gasteiger partial charge is 0.248 e. The first-order chi connectivity index (χ1) is 13.7. The number of hydrogen-bond acceptors (Lipinski definition) is 4. The second kappa shape index (κ2) is 8.21. The average molecular weight is 380 g/mol. The Morgan fingerprint density at radius 2 is 1.93 bits per heavy atom. The van der Waals surface area contributed by atoms with Crippen molar-refractivity contribution in [1.29, 1.82) is 0 Å². The van der Waals surface area contributed by atoms with E-state index in [2.05, 4.69) is 16.4 Å². The SMILES string of the molecule is NC(=NCC(=O)N1CCCc2ccccc21)Nc1ccc2c(c1)OCCCO2. The molecule has 0 fully saturated rings. The number of aryl methyl sites for hydroxylation is 1. The number of nitrogens with zero attached hydrogens (tertiary/aromatic N) is 2. The molecule has 2 heterocycles. The minimum atomic E-state index is -0.0597. The molecule has 0 bridgehead atoms. The predicted molar refractivity (Wildman–Crippen MR) is 109 cm³/mol. The van der Waals surface area contributed by atoms with Gasteiger partial charge in [-0.25, -0.2) is 4.99 Å². The fraction of sp³-hybridized carbons (Fsp3) is 0.333. The van der Waals surface area contributed by atoms with Crippen molar-refractivity contribution >= 4 is 23.2 Å². The van der Waals surface area contributed by atoms with E-state index < -0.39 is 0 Å². The summed E-state index contributed by atoms with van der Waals surface area (Å²) >= 11 is 0. The van der Waals surface area contributed by atoms with Gasteiger partial charge in [-0.1, -0.05) is 18.2 Å². The number of guanidine groups is 1. The monoisotopic (exact) mass is 380 g/mol. The van der Waals surface area contributed by atoms with Crippen LogP contribution in [-0.2, 0) is 11.2 Å². The molecular weight excluding hydrogens is 356 g/mol. The summed E-state index contributed by atoms with van der Waals surface area (Å²) < 4.78 is 11.3. The number of benzene rings is 2. The Hall–Kier alpha value is -3.22. The van der Waals surface area contributed by atoms with Crippen molar-refractivity contribution in [2.75, 3.05) is 36.5 Å². The van der Waals surface area contributed by atoms with Crippen LogP contribution in [0, 0.1) is 0 Å². The molecule has 1 amide bonds. The van der Waals surface area contributed by atoms with E-state index in [1.807, 2.05) is 36.4 Å². The largest absolute Gasteiger partial charge is 0.490 e. The molecule has 146 valence electrons. The minimum absolute atomic E-state index is 0.00226. The molecule has 2 aromatic rings. The number of carbonyl (C=O) groups is 1. The molecule has 0 unspecified atom stereocenters. The second-order valence-electron chi connectivity index (χ2n) is 6.82. The lowest BCUT2D eigenvalue weighted by atomic mass is 10.0. The van der Waals surface area contributed by atoms with Crippen LogP contribution in [0.5, 0.6) is 11.5 Å². The van der Waals surface area contributed by atoms with Gasteiger partial charge in [0.05, 0.1) is 13.2 Å². The maximum absolute atomic E-state index is 12.6. The summed E-state index contributed by atoms with van der Waals surface area (Å²) in [5, 5.41) is 3.01. The average Bonchev–Trinajstić information content (AvgIpc) is 2.96. The molecule has 0 spiro atoms. The van der Waals surface area contributed by atoms with Crippen molar-refractivity contribution in [3.05, 3.63) is 48.0 Å². The molecule has 0 saturated carbocycles. The number of nitrogens with two attached hydrogens (primary N) is 1. The van der Waals surface area contributed by atoms with Gasteiger partial charge in [0.15, 0.2) is 17.5 Å². The molecule has 2 aliphatic rings. The van der Waals surface area contributed by atoms with Crippen molar-refractivity contribution in [3.63, 3.8) is 0 Å². The van der Waals surface area contributed by atoms with Crippen LogP contribution in [0.3, 0.4) is 0 Å². The van der Waals surface area contributed by atoms with Crippen LogP contribution in [0.1, 0.15) is 18.4 Å². The summed E-state index contributed by atoms with van der Waals surface area (Å²) in [7, 11) is 0. The first-order valence-electron chi connectivity index (χ1n) is 9.55. The standard InChI is InChI=1S/C21H24N4O3/c22-21(24-16-8-9-18-19(13-16)28-12-4-11-27-18)23-14-20(26)25-10-3-6-15-5-1-2-7-17(15)25/h1-2,5,7-9,13H,3-4,6,10-12,14H2,(H3,22,23,24). The molecule has 0 atom stereocenters. The van der Waals surface area contributed by atoms with E-state index in [0.717, 1.165) is 36.4 Å². The van der Waals surface area contributed by atoms with Crippen LogP contribution in [0.4, 0.5) is 11.4 Å². The maximum Gasteiger partial charge on any atom is 0.248 e. The summed E-state index contributed by atoms with van der Waals surface area (Å²) in [6.07, 6.45) is 2.80. The van der Waals surface area contributed by atoms with Gasteiger partial charge in [0.25, 0.3) is 0 Å². The van der Waals surface area contributed by atoms with Gasteiger partial charge in [0, 0.05) is 30.4 Å². The molecular formula is C21H24N4O3. The highest BCUT2D eigenvalue weighted by Gasteiger charge is 2.21. The summed E-state index contributed by atoms with van der Waals surface area (Å²) in [5.74, 6) is 1.53. The minimum Gasteiger partial charge on any atom is -0.490 e. The Bertz CT molecular complexity index is 897. The molecule has 2 aromatic carbocycles. The van der Waals surface area contributed by atoms with Crippen molar-refractivity contribution in [2.24, 2.45) is 10.7 Å². The van der Waals surface area contributed by atoms with Crippen LogP contribution < -0.4 is 25.4 Å². The van der Waals surface area contributed by atoms with Crippen molar-refractivity contribution in [3.8, 4) is 11.5 Å². The lowest BCUT2D eigenvalue weighted by Gasteiger charge is -2.29. The molecule has 2 aliphatic heterocycles. The second-order valence-corrected chi connectivity index (χ2v) is 6.82. The van der Waals surface area contributed by atoms with Gasteiger partial charge in [-0.2, -0.15) is 0 Å². The number of hydrogen-bond donors (Lipinski definition) is 2. The topological polar surface area (TPSA) is 89.2 Å². The van der Waals surface area contributed by atoms with E-state index in [9.17, 15) is 4.79 Å². The lowest BCUT2D eigenvalue weighted by molar-refractivity contribution is -0.117. The zero-order chi connectivity index (χ0) is 19.3. The van der Waals surface area contributed by atoms with Crippen LogP contribution >= 0.6 is 0 Å². The quantitative estimate of drug-likeness (QED) is 0.631. The van der Waals surface area contributed by atoms with Gasteiger partial charge >= 0.3 is 0 Å². The number of fused-ring (bicyclic) bond motifs is 2. The molecule has 7 heteroatoms. The van der Waals surface area contributed by atoms with E-state index in [0.29, 0.717) is 25.5 Å². The Morgan fingerprint density at radius 1 is 1.11 bits per heavy atom. The van der Waals surface area contributed by atoms with Gasteiger partial charge in [-0.05, 0) is 36.6 Å². The fourth-order valence-corrected chi connectivity index (χ4v) is 3.46. The Kier molecular flexibility index (Phi) is 5.32. The highest BCUT2D eigenvalue weighted by atomic mass is 16.5. The van der Waals surface area contributed by atoms with Crippen molar-refractivity contribution < 1.29 is 14.3 Å². The summed E-state index contributed by atoms with van der Waals surface area (Å²) in [6, 6.07) is 13.5. The molecule has 7 nitrogen and oxygen atoms in total. The molecule has 0 aliphatic carbocycles. The van der Waals surface area contributed by atoms with Crippen LogP contribution in [0.15, 0.2) is 47.5 Å². The summed E-state index contributed by atoms with van der Waals surface area (Å²) in [6.45, 7) is 1.97. The van der Waals surface area contributed by atoms with Gasteiger partial charge in [0.2, 0.25) is 5.91 Å². The fourth-order valence-electron chi connectivity index (χ4n) is 3.46. The van der Waals surface area contributed by atoms with Crippen molar-refractivity contribution in [2.45, 2.75) is 19.3 Å². The zero-order valence-corrected chi connectivity index (χ0v) is 15.7. The van der Waals surface area contributed by atoms with E-state index in [-0.39, 0.29) is 18.4 Å². The third-order valence-corrected chi connectivity index (χ3v) is 4.82.